The van der Waals surface area contributed by atoms with Crippen LogP contribution in [0.3, 0.4) is 0 Å². The first-order valence-corrected chi connectivity index (χ1v) is 20.7. The number of cyclic esters (lactones) is 1. The maximum absolute atomic E-state index is 14.7. The molecule has 324 valence electrons. The summed E-state index contributed by atoms with van der Waals surface area (Å²) in [6, 6.07) is 2.86. The zero-order valence-corrected chi connectivity index (χ0v) is 34.7. The summed E-state index contributed by atoms with van der Waals surface area (Å²) in [6.45, 7) is 5.41. The summed E-state index contributed by atoms with van der Waals surface area (Å²) >= 11 is 0. The first-order valence-electron chi connectivity index (χ1n) is 20.7. The molecule has 4 saturated heterocycles. The van der Waals surface area contributed by atoms with Crippen molar-refractivity contribution in [3.8, 4) is 0 Å². The molecule has 0 aliphatic carbocycles. The minimum Gasteiger partial charge on any atom is -0.458 e. The molecule has 17 heteroatoms. The van der Waals surface area contributed by atoms with Gasteiger partial charge in [0.2, 0.25) is 35.4 Å². The van der Waals surface area contributed by atoms with E-state index in [2.05, 4.69) is 16.0 Å². The van der Waals surface area contributed by atoms with Gasteiger partial charge in [-0.2, -0.15) is 0 Å². The van der Waals surface area contributed by atoms with Gasteiger partial charge in [-0.3, -0.25) is 28.8 Å². The molecule has 4 heterocycles. The van der Waals surface area contributed by atoms with Crippen LogP contribution in [0, 0.1) is 17.6 Å². The topological polar surface area (TPSA) is 178 Å². The highest BCUT2D eigenvalue weighted by Gasteiger charge is 2.47. The normalized spacial score (nSPS) is 27.0. The Morgan fingerprint density at radius 2 is 1.47 bits per heavy atom. The van der Waals surface area contributed by atoms with Crippen LogP contribution in [0.15, 0.2) is 42.5 Å². The Hall–Kier alpha value is -5.61. The van der Waals surface area contributed by atoms with E-state index in [1.165, 1.54) is 28.5 Å². The molecule has 8 atom stereocenters. The monoisotopic (exact) mass is 835 g/mol. The molecule has 2 aromatic rings. The van der Waals surface area contributed by atoms with Crippen molar-refractivity contribution in [2.45, 2.75) is 114 Å². The molecule has 4 fully saturated rings. The number of nitrogens with zero attached hydrogens (tertiary/aromatic N) is 4. The van der Waals surface area contributed by atoms with Crippen LogP contribution in [0.1, 0.15) is 70.4 Å². The number of carbonyl (C=O) groups is 7. The second-order valence-corrected chi connectivity index (χ2v) is 16.8. The molecular weight excluding hydrogens is 781 g/mol. The minimum absolute atomic E-state index is 0.0479. The number of fused-ring (bicyclic) bond motifs is 3. The minimum atomic E-state index is -1.60. The van der Waals surface area contributed by atoms with Crippen molar-refractivity contribution in [2.75, 3.05) is 38.6 Å². The largest absolute Gasteiger partial charge is 0.458 e. The Morgan fingerprint density at radius 3 is 2.15 bits per heavy atom. The molecule has 4 aliphatic heterocycles. The van der Waals surface area contributed by atoms with E-state index in [0.717, 1.165) is 17.8 Å². The lowest BCUT2D eigenvalue weighted by atomic mass is 9.99. The SMILES string of the molecule is C[C@H]1C[C@H]2C(=O)O[C@@H](C)[C@H](NC(=O)[C@H](Cc3cc(F)cc(F)c3)NC(=O)Cc3ccc(N(C)C)cc3)C(=O)N3CCC[C@H]3C(=O)N3CCCC[C@H]3C(=O)N[C@@H](C)C(=O)N2C1. The number of benzene rings is 2. The van der Waals surface area contributed by atoms with E-state index in [1.54, 1.807) is 12.1 Å². The fraction of sp³-hybridized carbons (Fsp3) is 0.558. The van der Waals surface area contributed by atoms with E-state index in [0.29, 0.717) is 37.3 Å². The summed E-state index contributed by atoms with van der Waals surface area (Å²) in [7, 11) is 3.74. The smallest absolute Gasteiger partial charge is 0.329 e. The van der Waals surface area contributed by atoms with Crippen molar-refractivity contribution >= 4 is 47.1 Å². The fourth-order valence-corrected chi connectivity index (χ4v) is 8.74. The van der Waals surface area contributed by atoms with Crippen LogP contribution in [-0.2, 0) is 51.1 Å². The quantitative estimate of drug-likeness (QED) is 0.335. The van der Waals surface area contributed by atoms with Gasteiger partial charge in [-0.1, -0.05) is 19.1 Å². The van der Waals surface area contributed by atoms with Crippen molar-refractivity contribution in [3.05, 3.63) is 65.2 Å². The van der Waals surface area contributed by atoms with Gasteiger partial charge in [0.25, 0.3) is 0 Å². The molecular formula is C43H55F2N7O8. The molecule has 0 unspecified atom stereocenters. The molecule has 0 spiro atoms. The number of hydrogen-bond donors (Lipinski definition) is 3. The number of anilines is 1. The van der Waals surface area contributed by atoms with Crippen LogP contribution in [-0.4, -0.2) is 132 Å². The maximum Gasteiger partial charge on any atom is 0.329 e. The van der Waals surface area contributed by atoms with E-state index < -0.39 is 95.4 Å². The Kier molecular flexibility index (Phi) is 13.7. The molecule has 60 heavy (non-hydrogen) atoms. The molecule has 6 amide bonds. The summed E-state index contributed by atoms with van der Waals surface area (Å²) in [4.78, 5) is 104. The predicted molar refractivity (Wildman–Crippen MR) is 215 cm³/mol. The lowest BCUT2D eigenvalue weighted by Crippen LogP contribution is -2.63. The average molecular weight is 836 g/mol. The lowest BCUT2D eigenvalue weighted by Gasteiger charge is -2.39. The number of hydrogen-bond acceptors (Lipinski definition) is 9. The number of ether oxygens (including phenoxy) is 1. The van der Waals surface area contributed by atoms with Crippen LogP contribution in [0.2, 0.25) is 0 Å². The third-order valence-corrected chi connectivity index (χ3v) is 11.9. The number of nitrogens with one attached hydrogen (secondary N) is 3. The Labute approximate surface area is 348 Å². The molecule has 6 rings (SSSR count). The predicted octanol–water partition coefficient (Wildman–Crippen LogP) is 1.84. The maximum atomic E-state index is 14.7. The van der Waals surface area contributed by atoms with Crippen LogP contribution in [0.4, 0.5) is 14.5 Å². The molecule has 0 aromatic heterocycles. The van der Waals surface area contributed by atoms with Gasteiger partial charge in [-0.05, 0) is 93.7 Å². The van der Waals surface area contributed by atoms with Gasteiger partial charge in [0.15, 0.2) is 0 Å². The van der Waals surface area contributed by atoms with Crippen LogP contribution < -0.4 is 20.9 Å². The van der Waals surface area contributed by atoms with Gasteiger partial charge < -0.3 is 40.3 Å². The van der Waals surface area contributed by atoms with E-state index in [9.17, 15) is 42.3 Å². The van der Waals surface area contributed by atoms with Crippen LogP contribution >= 0.6 is 0 Å². The number of carbonyl (C=O) groups excluding carboxylic acids is 7. The molecule has 0 bridgehead atoms. The summed E-state index contributed by atoms with van der Waals surface area (Å²) in [5.74, 6) is -6.44. The number of halogens is 2. The zero-order valence-electron chi connectivity index (χ0n) is 34.7. The van der Waals surface area contributed by atoms with Gasteiger partial charge in [0.1, 0.15) is 54.0 Å². The third-order valence-electron chi connectivity index (χ3n) is 11.9. The molecule has 4 aliphatic rings. The van der Waals surface area contributed by atoms with E-state index >= 15 is 0 Å². The standard InChI is InChI=1S/C43H55F2N7O8/c1-24-17-35-43(59)60-26(3)37(42(58)51-16-8-10-34(51)41(57)50-15-7-6-9-33(50)39(55)46-25(2)40(56)52(35)23-24)48-38(54)32(20-28-18-29(44)22-30(45)19-28)47-36(53)21-27-11-13-31(14-12-27)49(4)5/h11-14,18-19,22,24-26,32-35,37H,6-10,15-17,20-21,23H2,1-5H3,(H,46,55)(H,47,53)(H,48,54)/t24-,25-,26-,32-,33-,34-,35-,37-/m0/s1. The van der Waals surface area contributed by atoms with Gasteiger partial charge in [-0.15, -0.1) is 0 Å². The molecule has 15 nitrogen and oxygen atoms in total. The van der Waals surface area contributed by atoms with Gasteiger partial charge >= 0.3 is 5.97 Å². The Balaban J connectivity index is 1.33. The molecule has 0 saturated carbocycles. The highest BCUT2D eigenvalue weighted by atomic mass is 19.1. The van der Waals surface area contributed by atoms with Crippen LogP contribution in [0.25, 0.3) is 0 Å². The number of esters is 1. The second-order valence-electron chi connectivity index (χ2n) is 16.8. The number of amides is 6. The summed E-state index contributed by atoms with van der Waals surface area (Å²) in [5.41, 5.74) is 1.58. The molecule has 2 aromatic carbocycles. The van der Waals surface area contributed by atoms with Gasteiger partial charge in [-0.25, -0.2) is 13.6 Å². The number of rotatable bonds is 8. The first kappa shape index (κ1) is 44.0. The van der Waals surface area contributed by atoms with Crippen molar-refractivity contribution in [1.82, 2.24) is 30.7 Å². The number of piperidine rings is 1. The van der Waals surface area contributed by atoms with Crippen molar-refractivity contribution in [1.29, 1.82) is 0 Å². The van der Waals surface area contributed by atoms with E-state index in [-0.39, 0.29) is 56.8 Å². The molecule has 3 N–H and O–H groups in total. The van der Waals surface area contributed by atoms with Crippen molar-refractivity contribution < 1.29 is 47.1 Å². The van der Waals surface area contributed by atoms with Crippen LogP contribution in [0.5, 0.6) is 0 Å². The second kappa shape index (κ2) is 18.8. The molecule has 0 radical (unpaired) electrons. The summed E-state index contributed by atoms with van der Waals surface area (Å²) in [5, 5.41) is 8.11. The lowest BCUT2D eigenvalue weighted by molar-refractivity contribution is -0.163. The first-order chi connectivity index (χ1) is 28.5. The van der Waals surface area contributed by atoms with E-state index in [1.807, 2.05) is 38.1 Å². The summed E-state index contributed by atoms with van der Waals surface area (Å²) in [6.07, 6.45) is 0.730. The van der Waals surface area contributed by atoms with Gasteiger partial charge in [0.05, 0.1) is 6.42 Å². The van der Waals surface area contributed by atoms with Gasteiger partial charge in [0, 0.05) is 51.9 Å². The third kappa shape index (κ3) is 10.0. The van der Waals surface area contributed by atoms with E-state index in [4.69, 9.17) is 4.74 Å². The highest BCUT2D eigenvalue weighted by Crippen LogP contribution is 2.29. The zero-order chi connectivity index (χ0) is 43.4. The Morgan fingerprint density at radius 1 is 0.817 bits per heavy atom. The van der Waals surface area contributed by atoms with Crippen molar-refractivity contribution in [2.24, 2.45) is 5.92 Å². The van der Waals surface area contributed by atoms with Crippen molar-refractivity contribution in [3.63, 3.8) is 0 Å². The highest BCUT2D eigenvalue weighted by molar-refractivity contribution is 5.98. The summed E-state index contributed by atoms with van der Waals surface area (Å²) < 4.78 is 34.7. The Bertz CT molecular complexity index is 1960. The fourth-order valence-electron chi connectivity index (χ4n) is 8.74. The average Bonchev–Trinajstić information content (AvgIpc) is 3.85.